The SMILES string of the molecule is COc1ccc(-c2ccc3n(c2=O)C[C@H]2[C@H](CO)[C@@H](C(=O)N4CCOCC4)N[C@@H]32)cc1. The third kappa shape index (κ3) is 3.35. The topological polar surface area (TPSA) is 93.0 Å². The number of aromatic nitrogens is 1. The summed E-state index contributed by atoms with van der Waals surface area (Å²) in [4.78, 5) is 28.2. The molecule has 8 heteroatoms. The molecule has 164 valence electrons. The Morgan fingerprint density at radius 2 is 1.94 bits per heavy atom. The zero-order valence-electron chi connectivity index (χ0n) is 17.5. The number of morpholine rings is 1. The van der Waals surface area contributed by atoms with Gasteiger partial charge in [-0.1, -0.05) is 12.1 Å². The average Bonchev–Trinajstić information content (AvgIpc) is 3.36. The van der Waals surface area contributed by atoms with Gasteiger partial charge in [-0.25, -0.2) is 0 Å². The van der Waals surface area contributed by atoms with E-state index >= 15 is 0 Å². The van der Waals surface area contributed by atoms with E-state index in [-0.39, 0.29) is 36.0 Å². The molecule has 31 heavy (non-hydrogen) atoms. The number of carbonyl (C=O) groups excluding carboxylic acids is 1. The van der Waals surface area contributed by atoms with Crippen LogP contribution in [0.1, 0.15) is 11.7 Å². The number of pyridine rings is 1. The van der Waals surface area contributed by atoms with E-state index in [1.807, 2.05) is 41.3 Å². The molecule has 0 radical (unpaired) electrons. The summed E-state index contributed by atoms with van der Waals surface area (Å²) in [5.41, 5.74) is 2.30. The number of benzene rings is 1. The molecule has 2 N–H and O–H groups in total. The van der Waals surface area contributed by atoms with Crippen molar-refractivity contribution in [2.45, 2.75) is 18.6 Å². The summed E-state index contributed by atoms with van der Waals surface area (Å²) in [5, 5.41) is 13.6. The van der Waals surface area contributed by atoms with Crippen LogP contribution in [0.3, 0.4) is 0 Å². The Balaban J connectivity index is 1.42. The van der Waals surface area contributed by atoms with Crippen LogP contribution in [-0.2, 0) is 16.1 Å². The number of amides is 1. The molecule has 2 aromatic rings. The summed E-state index contributed by atoms with van der Waals surface area (Å²) in [6.45, 7) is 2.64. The van der Waals surface area contributed by atoms with E-state index in [0.29, 0.717) is 38.4 Å². The van der Waals surface area contributed by atoms with E-state index in [1.165, 1.54) is 0 Å². The molecule has 3 aliphatic heterocycles. The second-order valence-corrected chi connectivity index (χ2v) is 8.39. The number of nitrogens with zero attached hydrogens (tertiary/aromatic N) is 2. The van der Waals surface area contributed by atoms with Gasteiger partial charge in [0.25, 0.3) is 5.56 Å². The van der Waals surface area contributed by atoms with Crippen molar-refractivity contribution in [2.75, 3.05) is 40.0 Å². The van der Waals surface area contributed by atoms with Crippen molar-refractivity contribution in [2.24, 2.45) is 11.8 Å². The van der Waals surface area contributed by atoms with Crippen LogP contribution >= 0.6 is 0 Å². The number of aliphatic hydroxyl groups excluding tert-OH is 1. The second-order valence-electron chi connectivity index (χ2n) is 8.39. The zero-order chi connectivity index (χ0) is 21.5. The Labute approximate surface area is 180 Å². The highest BCUT2D eigenvalue weighted by atomic mass is 16.5. The molecule has 2 fully saturated rings. The summed E-state index contributed by atoms with van der Waals surface area (Å²) < 4.78 is 12.3. The van der Waals surface area contributed by atoms with Crippen LogP contribution in [0.5, 0.6) is 5.75 Å². The zero-order valence-corrected chi connectivity index (χ0v) is 17.5. The third-order valence-corrected chi connectivity index (χ3v) is 6.89. The maximum Gasteiger partial charge on any atom is 0.258 e. The van der Waals surface area contributed by atoms with Gasteiger partial charge in [-0.05, 0) is 29.8 Å². The fourth-order valence-electron chi connectivity index (χ4n) is 5.21. The highest BCUT2D eigenvalue weighted by Gasteiger charge is 2.51. The average molecular weight is 425 g/mol. The largest absolute Gasteiger partial charge is 0.497 e. The Bertz CT molecular complexity index is 1030. The molecule has 4 atom stereocenters. The monoisotopic (exact) mass is 425 g/mol. The summed E-state index contributed by atoms with van der Waals surface area (Å²) in [6.07, 6.45) is 0. The minimum absolute atomic E-state index is 0.00110. The van der Waals surface area contributed by atoms with Gasteiger partial charge in [-0.2, -0.15) is 0 Å². The van der Waals surface area contributed by atoms with Gasteiger partial charge in [0.15, 0.2) is 0 Å². The smallest absolute Gasteiger partial charge is 0.258 e. The molecule has 0 aliphatic carbocycles. The van der Waals surface area contributed by atoms with Gasteiger partial charge in [-0.15, -0.1) is 0 Å². The maximum atomic E-state index is 13.3. The quantitative estimate of drug-likeness (QED) is 0.747. The molecule has 1 aromatic carbocycles. The first-order valence-corrected chi connectivity index (χ1v) is 10.7. The lowest BCUT2D eigenvalue weighted by atomic mass is 9.88. The summed E-state index contributed by atoms with van der Waals surface area (Å²) >= 11 is 0. The number of aliphatic hydroxyl groups is 1. The number of hydrogen-bond acceptors (Lipinski definition) is 6. The van der Waals surface area contributed by atoms with Gasteiger partial charge < -0.3 is 24.0 Å². The van der Waals surface area contributed by atoms with Crippen molar-refractivity contribution >= 4 is 5.91 Å². The number of nitrogens with one attached hydrogen (secondary N) is 1. The molecule has 4 heterocycles. The molecular formula is C23H27N3O5. The highest BCUT2D eigenvalue weighted by molar-refractivity contribution is 5.83. The second kappa shape index (κ2) is 8.11. The molecule has 1 amide bonds. The summed E-state index contributed by atoms with van der Waals surface area (Å²) in [7, 11) is 1.61. The van der Waals surface area contributed by atoms with E-state index in [0.717, 1.165) is 17.0 Å². The van der Waals surface area contributed by atoms with Crippen molar-refractivity contribution < 1.29 is 19.4 Å². The maximum absolute atomic E-state index is 13.3. The first-order valence-electron chi connectivity index (χ1n) is 10.7. The first kappa shape index (κ1) is 20.2. The van der Waals surface area contributed by atoms with Crippen LogP contribution < -0.4 is 15.6 Å². The van der Waals surface area contributed by atoms with Crippen molar-refractivity contribution in [1.29, 1.82) is 0 Å². The first-order chi connectivity index (χ1) is 15.1. The Morgan fingerprint density at radius 1 is 1.19 bits per heavy atom. The van der Waals surface area contributed by atoms with E-state index in [2.05, 4.69) is 5.32 Å². The Morgan fingerprint density at radius 3 is 2.61 bits per heavy atom. The number of hydrogen-bond donors (Lipinski definition) is 2. The molecule has 5 rings (SSSR count). The normalized spacial score (nSPS) is 27.1. The predicted octanol–water partition coefficient (Wildman–Crippen LogP) is 0.634. The van der Waals surface area contributed by atoms with Gasteiger partial charge in [0.05, 0.1) is 32.4 Å². The Hall–Kier alpha value is -2.68. The lowest BCUT2D eigenvalue weighted by Gasteiger charge is -2.31. The third-order valence-electron chi connectivity index (χ3n) is 6.89. The van der Waals surface area contributed by atoms with Crippen molar-refractivity contribution in [3.05, 3.63) is 52.4 Å². The molecule has 0 saturated carbocycles. The molecule has 1 aromatic heterocycles. The van der Waals surface area contributed by atoms with E-state index < -0.39 is 6.04 Å². The fourth-order valence-corrected chi connectivity index (χ4v) is 5.21. The lowest BCUT2D eigenvalue weighted by molar-refractivity contribution is -0.138. The van der Waals surface area contributed by atoms with Gasteiger partial charge in [-0.3, -0.25) is 14.9 Å². The fraction of sp³-hybridized carbons (Fsp3) is 0.478. The summed E-state index contributed by atoms with van der Waals surface area (Å²) in [5.74, 6) is 0.522. The molecule has 0 spiro atoms. The Kier molecular flexibility index (Phi) is 5.29. The van der Waals surface area contributed by atoms with E-state index in [9.17, 15) is 14.7 Å². The summed E-state index contributed by atoms with van der Waals surface area (Å²) in [6, 6.07) is 10.7. The van der Waals surface area contributed by atoms with Crippen LogP contribution in [-0.4, -0.2) is 66.5 Å². The number of ether oxygens (including phenoxy) is 2. The van der Waals surface area contributed by atoms with Crippen LogP contribution in [0.15, 0.2) is 41.2 Å². The van der Waals surface area contributed by atoms with Gasteiger partial charge in [0.1, 0.15) is 5.75 Å². The van der Waals surface area contributed by atoms with Crippen LogP contribution in [0.25, 0.3) is 11.1 Å². The minimum Gasteiger partial charge on any atom is -0.497 e. The van der Waals surface area contributed by atoms with Crippen LogP contribution in [0.2, 0.25) is 0 Å². The predicted molar refractivity (Wildman–Crippen MR) is 114 cm³/mol. The standard InChI is InChI=1S/C23H27N3O5/c1-30-15-4-2-14(3-5-15)16-6-7-19-20-17(12-26(19)22(16)28)18(13-27)21(24-20)23(29)25-8-10-31-11-9-25/h2-7,17-18,20-21,24,27H,8-13H2,1H3/t17-,18-,20+,21-/m0/s1. The van der Waals surface area contributed by atoms with Gasteiger partial charge in [0.2, 0.25) is 5.91 Å². The number of methoxy groups -OCH3 is 1. The van der Waals surface area contributed by atoms with Crippen LogP contribution in [0, 0.1) is 11.8 Å². The van der Waals surface area contributed by atoms with Crippen molar-refractivity contribution in [3.63, 3.8) is 0 Å². The number of rotatable bonds is 4. The molecule has 0 unspecified atom stereocenters. The number of carbonyl (C=O) groups is 1. The van der Waals surface area contributed by atoms with E-state index in [1.54, 1.807) is 11.7 Å². The molecular weight excluding hydrogens is 398 g/mol. The van der Waals surface area contributed by atoms with Crippen LogP contribution in [0.4, 0.5) is 0 Å². The minimum atomic E-state index is -0.441. The van der Waals surface area contributed by atoms with Crippen molar-refractivity contribution in [3.8, 4) is 16.9 Å². The lowest BCUT2D eigenvalue weighted by Crippen LogP contribution is -2.51. The molecule has 2 saturated heterocycles. The van der Waals surface area contributed by atoms with Crippen molar-refractivity contribution in [1.82, 2.24) is 14.8 Å². The molecule has 8 nitrogen and oxygen atoms in total. The van der Waals surface area contributed by atoms with Gasteiger partial charge >= 0.3 is 0 Å². The van der Waals surface area contributed by atoms with Gasteiger partial charge in [0, 0.05) is 49.3 Å². The molecule has 0 bridgehead atoms. The van der Waals surface area contributed by atoms with E-state index in [4.69, 9.17) is 9.47 Å². The number of fused-ring (bicyclic) bond motifs is 3. The highest BCUT2D eigenvalue weighted by Crippen LogP contribution is 2.43. The molecule has 3 aliphatic rings.